The molecule has 0 amide bonds. The molecule has 0 fully saturated rings. The summed E-state index contributed by atoms with van der Waals surface area (Å²) >= 11 is 6.10. The van der Waals surface area contributed by atoms with E-state index in [1.165, 1.54) is 31.4 Å². The molecule has 0 atom stereocenters. The molecule has 0 N–H and O–H groups in total. The summed E-state index contributed by atoms with van der Waals surface area (Å²) < 4.78 is 60.8. The van der Waals surface area contributed by atoms with Gasteiger partial charge in [-0.25, -0.2) is 14.2 Å². The fraction of sp³-hybridized carbons (Fsp3) is 0.261. The second-order valence-corrected chi connectivity index (χ2v) is 8.03. The van der Waals surface area contributed by atoms with Crippen LogP contribution < -0.4 is 20.7 Å². The highest BCUT2D eigenvalue weighted by molar-refractivity contribution is 6.32. The number of aromatic nitrogens is 2. The normalized spacial score (nSPS) is 11.2. The van der Waals surface area contributed by atoms with Crippen molar-refractivity contribution < 1.29 is 41.8 Å². The van der Waals surface area contributed by atoms with Crippen LogP contribution in [0.1, 0.15) is 5.69 Å². The molecule has 1 aromatic heterocycles. The SMILES string of the molecule is COCCOC(=O)COc1ccccc1Oc1cc(-n2c(=O)cc(C(F)(F)F)n(C)c2=O)c(Cl)cc1[N+](=O)[O-]. The number of benzene rings is 2. The van der Waals surface area contributed by atoms with Gasteiger partial charge in [0.25, 0.3) is 5.56 Å². The highest BCUT2D eigenvalue weighted by atomic mass is 35.5. The second-order valence-electron chi connectivity index (χ2n) is 7.62. The molecule has 1 heterocycles. The highest BCUT2D eigenvalue weighted by Gasteiger charge is 2.35. The number of carbonyl (C=O) groups excluding carboxylic acids is 1. The number of ether oxygens (including phenoxy) is 4. The van der Waals surface area contributed by atoms with E-state index in [9.17, 15) is 37.7 Å². The lowest BCUT2D eigenvalue weighted by Crippen LogP contribution is -2.40. The van der Waals surface area contributed by atoms with Crippen LogP contribution in [0.25, 0.3) is 5.69 Å². The molecular formula is C23H19ClF3N3O9. The van der Waals surface area contributed by atoms with Crippen LogP contribution in [0, 0.1) is 10.1 Å². The molecule has 2 aromatic carbocycles. The third-order valence-electron chi connectivity index (χ3n) is 5.04. The Kier molecular flexibility index (Phi) is 8.98. The number of nitro benzene ring substituents is 1. The highest BCUT2D eigenvalue weighted by Crippen LogP contribution is 2.40. The third kappa shape index (κ3) is 6.74. The summed E-state index contributed by atoms with van der Waals surface area (Å²) in [5.41, 5.74) is -5.48. The molecule has 0 saturated carbocycles. The van der Waals surface area contributed by atoms with Crippen LogP contribution in [0.2, 0.25) is 5.02 Å². The van der Waals surface area contributed by atoms with Crippen LogP contribution in [0.3, 0.4) is 0 Å². The van der Waals surface area contributed by atoms with Crippen molar-refractivity contribution in [1.29, 1.82) is 0 Å². The standard InChI is InChI=1S/C23H19ClF3N3O9/c1-28-19(23(25,26)27)11-20(31)29(22(28)33)14-10-18(15(30(34)35)9-13(14)24)39-17-6-4-3-5-16(17)38-12-21(32)37-8-7-36-2/h3-6,9-11H,7-8,12H2,1-2H3. The average Bonchev–Trinajstić information content (AvgIpc) is 2.86. The topological polar surface area (TPSA) is 141 Å². The number of halogens is 4. The van der Waals surface area contributed by atoms with Crippen molar-refractivity contribution in [2.45, 2.75) is 6.18 Å². The lowest BCUT2D eigenvalue weighted by molar-refractivity contribution is -0.385. The second kappa shape index (κ2) is 12.0. The van der Waals surface area contributed by atoms with E-state index < -0.39 is 62.8 Å². The first-order valence-corrected chi connectivity index (χ1v) is 11.2. The molecule has 0 aliphatic carbocycles. The number of alkyl halides is 3. The largest absolute Gasteiger partial charge is 0.478 e. The van der Waals surface area contributed by atoms with Gasteiger partial charge in [0.1, 0.15) is 12.3 Å². The first-order valence-electron chi connectivity index (χ1n) is 10.8. The van der Waals surface area contributed by atoms with E-state index in [-0.39, 0.29) is 35.3 Å². The Bertz CT molecular complexity index is 1520. The Balaban J connectivity index is 2.05. The number of rotatable bonds is 10. The maximum Gasteiger partial charge on any atom is 0.431 e. The number of para-hydroxylation sites is 2. The van der Waals surface area contributed by atoms with Crippen molar-refractivity contribution in [3.05, 3.63) is 84.1 Å². The van der Waals surface area contributed by atoms with Gasteiger partial charge in [-0.1, -0.05) is 23.7 Å². The lowest BCUT2D eigenvalue weighted by atomic mass is 10.2. The number of nitro groups is 1. The van der Waals surface area contributed by atoms with E-state index in [4.69, 9.17) is 30.5 Å². The maximum atomic E-state index is 13.2. The van der Waals surface area contributed by atoms with Gasteiger partial charge < -0.3 is 18.9 Å². The zero-order valence-electron chi connectivity index (χ0n) is 20.2. The van der Waals surface area contributed by atoms with Gasteiger partial charge in [-0.15, -0.1) is 0 Å². The number of carbonyl (C=O) groups is 1. The minimum absolute atomic E-state index is 0.0145. The molecule has 0 radical (unpaired) electrons. The molecule has 3 aromatic rings. The van der Waals surface area contributed by atoms with E-state index in [2.05, 4.69) is 0 Å². The van der Waals surface area contributed by atoms with Gasteiger partial charge in [-0.05, 0) is 12.1 Å². The molecule has 208 valence electrons. The molecule has 0 aliphatic heterocycles. The number of hydrogen-bond acceptors (Lipinski definition) is 9. The Hall–Kier alpha value is -4.37. The number of methoxy groups -OCH3 is 1. The predicted octanol–water partition coefficient (Wildman–Crippen LogP) is 3.48. The molecule has 39 heavy (non-hydrogen) atoms. The van der Waals surface area contributed by atoms with Gasteiger partial charge in [0.2, 0.25) is 5.75 Å². The minimum atomic E-state index is -5.00. The summed E-state index contributed by atoms with van der Waals surface area (Å²) in [4.78, 5) is 47.9. The first kappa shape index (κ1) is 29.2. The van der Waals surface area contributed by atoms with Crippen LogP contribution in [-0.4, -0.2) is 47.0 Å². The van der Waals surface area contributed by atoms with Gasteiger partial charge >= 0.3 is 23.5 Å². The number of hydrogen-bond donors (Lipinski definition) is 0. The van der Waals surface area contributed by atoms with Crippen LogP contribution >= 0.6 is 11.6 Å². The average molecular weight is 574 g/mol. The van der Waals surface area contributed by atoms with E-state index in [1.54, 1.807) is 0 Å². The summed E-state index contributed by atoms with van der Waals surface area (Å²) in [6.45, 7) is -0.395. The lowest BCUT2D eigenvalue weighted by Gasteiger charge is -2.16. The molecule has 12 nitrogen and oxygen atoms in total. The smallest absolute Gasteiger partial charge is 0.431 e. The maximum absolute atomic E-state index is 13.2. The van der Waals surface area contributed by atoms with Crippen molar-refractivity contribution in [3.8, 4) is 22.9 Å². The van der Waals surface area contributed by atoms with Crippen LogP contribution in [-0.2, 0) is 27.5 Å². The third-order valence-corrected chi connectivity index (χ3v) is 5.34. The Morgan fingerprint density at radius 1 is 1.08 bits per heavy atom. The van der Waals surface area contributed by atoms with Crippen molar-refractivity contribution in [2.75, 3.05) is 26.9 Å². The minimum Gasteiger partial charge on any atom is -0.478 e. The van der Waals surface area contributed by atoms with Gasteiger partial charge in [0.15, 0.2) is 18.1 Å². The Morgan fingerprint density at radius 3 is 2.36 bits per heavy atom. The van der Waals surface area contributed by atoms with E-state index in [0.29, 0.717) is 4.57 Å². The summed E-state index contributed by atoms with van der Waals surface area (Å²) in [6, 6.07) is 7.54. The summed E-state index contributed by atoms with van der Waals surface area (Å²) in [5.74, 6) is -1.42. The monoisotopic (exact) mass is 573 g/mol. The van der Waals surface area contributed by atoms with Gasteiger partial charge in [0, 0.05) is 32.4 Å². The Labute approximate surface area is 221 Å². The van der Waals surface area contributed by atoms with Crippen molar-refractivity contribution in [2.24, 2.45) is 7.05 Å². The summed E-state index contributed by atoms with van der Waals surface area (Å²) in [6.07, 6.45) is -5.00. The Morgan fingerprint density at radius 2 is 1.74 bits per heavy atom. The van der Waals surface area contributed by atoms with Gasteiger partial charge in [-0.3, -0.25) is 19.5 Å². The van der Waals surface area contributed by atoms with Crippen LogP contribution in [0.5, 0.6) is 17.2 Å². The quantitative estimate of drug-likeness (QED) is 0.154. The van der Waals surface area contributed by atoms with Crippen molar-refractivity contribution >= 4 is 23.3 Å². The van der Waals surface area contributed by atoms with Crippen molar-refractivity contribution in [3.63, 3.8) is 0 Å². The predicted molar refractivity (Wildman–Crippen MR) is 129 cm³/mol. The molecule has 3 rings (SSSR count). The van der Waals surface area contributed by atoms with Crippen molar-refractivity contribution in [1.82, 2.24) is 9.13 Å². The van der Waals surface area contributed by atoms with E-state index >= 15 is 0 Å². The molecular weight excluding hydrogens is 555 g/mol. The molecule has 0 unspecified atom stereocenters. The molecule has 0 spiro atoms. The van der Waals surface area contributed by atoms with E-state index in [1.807, 2.05) is 0 Å². The number of esters is 1. The molecule has 16 heteroatoms. The molecule has 0 bridgehead atoms. The van der Waals surface area contributed by atoms with Crippen LogP contribution in [0.15, 0.2) is 52.1 Å². The fourth-order valence-electron chi connectivity index (χ4n) is 3.24. The van der Waals surface area contributed by atoms with Gasteiger partial charge in [-0.2, -0.15) is 13.2 Å². The van der Waals surface area contributed by atoms with E-state index in [0.717, 1.165) is 19.2 Å². The molecule has 0 aliphatic rings. The zero-order chi connectivity index (χ0) is 28.9. The van der Waals surface area contributed by atoms with Crippen LogP contribution in [0.4, 0.5) is 18.9 Å². The fourth-order valence-corrected chi connectivity index (χ4v) is 3.48. The summed E-state index contributed by atoms with van der Waals surface area (Å²) in [7, 11) is 2.22. The zero-order valence-corrected chi connectivity index (χ0v) is 20.9. The first-order chi connectivity index (χ1) is 18.3. The molecule has 0 saturated heterocycles. The number of nitrogens with zero attached hydrogens (tertiary/aromatic N) is 3. The summed E-state index contributed by atoms with van der Waals surface area (Å²) in [5, 5.41) is 11.2. The van der Waals surface area contributed by atoms with Gasteiger partial charge in [0.05, 0.1) is 22.2 Å².